The summed E-state index contributed by atoms with van der Waals surface area (Å²) in [6.45, 7) is -0.0678. The number of halogens is 2. The first-order valence-corrected chi connectivity index (χ1v) is 4.78. The van der Waals surface area contributed by atoms with E-state index in [0.29, 0.717) is 0 Å². The number of nitrogens with zero attached hydrogens (tertiary/aromatic N) is 1. The van der Waals surface area contributed by atoms with Crippen LogP contribution in [0.4, 0.5) is 4.39 Å². The molecule has 3 nitrogen and oxygen atoms in total. The lowest BCUT2D eigenvalue weighted by atomic mass is 10.2. The second kappa shape index (κ2) is 5.54. The van der Waals surface area contributed by atoms with Gasteiger partial charge in [-0.15, -0.1) is 11.6 Å². The lowest BCUT2D eigenvalue weighted by Gasteiger charge is -2.10. The molecule has 0 aromatic heterocycles. The average molecular weight is 230 g/mol. The first-order chi connectivity index (χ1) is 7.19. The summed E-state index contributed by atoms with van der Waals surface area (Å²) < 4.78 is 18.1. The highest BCUT2D eigenvalue weighted by atomic mass is 35.5. The first-order valence-electron chi connectivity index (χ1n) is 4.24. The normalized spacial score (nSPS) is 11.9. The van der Waals surface area contributed by atoms with E-state index in [1.807, 2.05) is 0 Å². The number of rotatable bonds is 4. The Bertz CT molecular complexity index is 378. The largest absolute Gasteiger partial charge is 0.489 e. The molecule has 0 aliphatic rings. The second-order valence-electron chi connectivity index (χ2n) is 2.84. The third-order valence-corrected chi connectivity index (χ3v) is 2.05. The Kier molecular flexibility index (Phi) is 4.35. The molecule has 1 aromatic carbocycles. The van der Waals surface area contributed by atoms with Gasteiger partial charge in [0.2, 0.25) is 0 Å². The van der Waals surface area contributed by atoms with Gasteiger partial charge in [0.05, 0.1) is 5.88 Å². The van der Waals surface area contributed by atoms with Crippen LogP contribution < -0.4 is 4.74 Å². The summed E-state index contributed by atoms with van der Waals surface area (Å²) in [5.41, 5.74) is -0.167. The molecule has 0 radical (unpaired) electrons. The Morgan fingerprint density at radius 1 is 1.60 bits per heavy atom. The molecule has 1 rings (SSSR count). The van der Waals surface area contributed by atoms with Crippen LogP contribution >= 0.6 is 11.6 Å². The fourth-order valence-corrected chi connectivity index (χ4v) is 1.05. The molecular weight excluding hydrogens is 221 g/mol. The zero-order chi connectivity index (χ0) is 11.3. The minimum absolute atomic E-state index is 0.0250. The standard InChI is InChI=1S/C10H9ClFNO2/c11-4-7(14)6-15-10-3-1-2-9(12)8(10)5-13/h1-3,7,14H,4,6H2. The van der Waals surface area contributed by atoms with Crippen molar-refractivity contribution in [1.29, 1.82) is 5.26 Å². The van der Waals surface area contributed by atoms with Gasteiger partial charge in [0.15, 0.2) is 0 Å². The number of nitriles is 1. The maximum atomic E-state index is 13.1. The molecule has 5 heteroatoms. The molecule has 0 aliphatic carbocycles. The van der Waals surface area contributed by atoms with Crippen molar-refractivity contribution in [2.45, 2.75) is 6.10 Å². The van der Waals surface area contributed by atoms with E-state index < -0.39 is 11.9 Å². The van der Waals surface area contributed by atoms with Crippen molar-refractivity contribution < 1.29 is 14.2 Å². The third-order valence-electron chi connectivity index (χ3n) is 1.70. The number of aliphatic hydroxyl groups is 1. The van der Waals surface area contributed by atoms with E-state index in [9.17, 15) is 4.39 Å². The Hall–Kier alpha value is -1.31. The van der Waals surface area contributed by atoms with E-state index in [0.717, 1.165) is 0 Å². The van der Waals surface area contributed by atoms with Crippen molar-refractivity contribution in [3.63, 3.8) is 0 Å². The SMILES string of the molecule is N#Cc1c(F)cccc1OCC(O)CCl. The first kappa shape index (κ1) is 11.8. The molecule has 0 aliphatic heterocycles. The number of alkyl halides is 1. The Morgan fingerprint density at radius 3 is 2.93 bits per heavy atom. The molecule has 0 bridgehead atoms. The van der Waals surface area contributed by atoms with Gasteiger partial charge < -0.3 is 9.84 Å². The Labute approximate surface area is 91.7 Å². The molecule has 0 amide bonds. The Balaban J connectivity index is 2.77. The van der Waals surface area contributed by atoms with Gasteiger partial charge in [0, 0.05) is 0 Å². The summed E-state index contributed by atoms with van der Waals surface area (Å²) in [5, 5.41) is 17.8. The second-order valence-corrected chi connectivity index (χ2v) is 3.15. The van der Waals surface area contributed by atoms with Gasteiger partial charge in [-0.25, -0.2) is 4.39 Å². The number of ether oxygens (including phenoxy) is 1. The fraction of sp³-hybridized carbons (Fsp3) is 0.300. The summed E-state index contributed by atoms with van der Waals surface area (Å²) in [4.78, 5) is 0. The predicted molar refractivity (Wildman–Crippen MR) is 53.3 cm³/mol. The van der Waals surface area contributed by atoms with Gasteiger partial charge in [0.1, 0.15) is 35.9 Å². The quantitative estimate of drug-likeness (QED) is 0.800. The van der Waals surface area contributed by atoms with Crippen molar-refractivity contribution in [1.82, 2.24) is 0 Å². The van der Waals surface area contributed by atoms with Crippen molar-refractivity contribution in [2.24, 2.45) is 0 Å². The van der Waals surface area contributed by atoms with Crippen molar-refractivity contribution in [3.05, 3.63) is 29.6 Å². The van der Waals surface area contributed by atoms with Crippen LogP contribution in [-0.4, -0.2) is 23.7 Å². The van der Waals surface area contributed by atoms with Crippen LogP contribution in [0.2, 0.25) is 0 Å². The molecule has 0 saturated heterocycles. The van der Waals surface area contributed by atoms with Crippen molar-refractivity contribution in [2.75, 3.05) is 12.5 Å². The number of benzene rings is 1. The van der Waals surface area contributed by atoms with Crippen LogP contribution in [0, 0.1) is 17.1 Å². The van der Waals surface area contributed by atoms with Gasteiger partial charge in [0.25, 0.3) is 0 Å². The molecule has 0 heterocycles. The molecule has 0 fully saturated rings. The molecule has 1 unspecified atom stereocenters. The van der Waals surface area contributed by atoms with Gasteiger partial charge in [-0.05, 0) is 12.1 Å². The van der Waals surface area contributed by atoms with Crippen LogP contribution in [0.3, 0.4) is 0 Å². The summed E-state index contributed by atoms with van der Waals surface area (Å²) >= 11 is 5.35. The van der Waals surface area contributed by atoms with E-state index in [1.165, 1.54) is 18.2 Å². The van der Waals surface area contributed by atoms with Gasteiger partial charge >= 0.3 is 0 Å². The summed E-state index contributed by atoms with van der Waals surface area (Å²) in [6.07, 6.45) is -0.832. The molecule has 1 N–H and O–H groups in total. The molecule has 0 spiro atoms. The summed E-state index contributed by atoms with van der Waals surface area (Å²) in [7, 11) is 0. The van der Waals surface area contributed by atoms with Gasteiger partial charge in [-0.3, -0.25) is 0 Å². The van der Waals surface area contributed by atoms with Crippen molar-refractivity contribution in [3.8, 4) is 11.8 Å². The minimum Gasteiger partial charge on any atom is -0.489 e. The topological polar surface area (TPSA) is 53.2 Å². The summed E-state index contributed by atoms with van der Waals surface area (Å²) in [5.74, 6) is -0.506. The summed E-state index contributed by atoms with van der Waals surface area (Å²) in [6, 6.07) is 5.75. The molecule has 15 heavy (non-hydrogen) atoms. The smallest absolute Gasteiger partial charge is 0.144 e. The number of hydrogen-bond donors (Lipinski definition) is 1. The molecule has 0 saturated carbocycles. The minimum atomic E-state index is -0.832. The average Bonchev–Trinajstić information content (AvgIpc) is 2.25. The number of hydrogen-bond acceptors (Lipinski definition) is 3. The van der Waals surface area contributed by atoms with Crippen LogP contribution in [0.25, 0.3) is 0 Å². The lowest BCUT2D eigenvalue weighted by Crippen LogP contribution is -2.19. The van der Waals surface area contributed by atoms with E-state index in [4.69, 9.17) is 26.7 Å². The van der Waals surface area contributed by atoms with Crippen LogP contribution in [0.5, 0.6) is 5.75 Å². The van der Waals surface area contributed by atoms with Crippen molar-refractivity contribution >= 4 is 11.6 Å². The fourth-order valence-electron chi connectivity index (χ4n) is 0.964. The van der Waals surface area contributed by atoms with E-state index in [2.05, 4.69) is 0 Å². The van der Waals surface area contributed by atoms with Gasteiger partial charge in [-0.1, -0.05) is 6.07 Å². The Morgan fingerprint density at radius 2 is 2.33 bits per heavy atom. The van der Waals surface area contributed by atoms with Crippen LogP contribution in [-0.2, 0) is 0 Å². The molecule has 1 atom stereocenters. The van der Waals surface area contributed by atoms with E-state index in [1.54, 1.807) is 6.07 Å². The van der Waals surface area contributed by atoms with E-state index in [-0.39, 0.29) is 23.8 Å². The highest BCUT2D eigenvalue weighted by molar-refractivity contribution is 6.18. The monoisotopic (exact) mass is 229 g/mol. The number of aliphatic hydroxyl groups excluding tert-OH is 1. The van der Waals surface area contributed by atoms with Crippen LogP contribution in [0.15, 0.2) is 18.2 Å². The zero-order valence-electron chi connectivity index (χ0n) is 7.78. The highest BCUT2D eigenvalue weighted by Gasteiger charge is 2.10. The highest BCUT2D eigenvalue weighted by Crippen LogP contribution is 2.20. The molecule has 80 valence electrons. The maximum Gasteiger partial charge on any atom is 0.144 e. The maximum absolute atomic E-state index is 13.1. The zero-order valence-corrected chi connectivity index (χ0v) is 8.54. The lowest BCUT2D eigenvalue weighted by molar-refractivity contribution is 0.125. The van der Waals surface area contributed by atoms with Gasteiger partial charge in [-0.2, -0.15) is 5.26 Å². The molecular formula is C10H9ClFNO2. The van der Waals surface area contributed by atoms with E-state index >= 15 is 0 Å². The van der Waals surface area contributed by atoms with Crippen LogP contribution in [0.1, 0.15) is 5.56 Å². The third kappa shape index (κ3) is 3.08. The predicted octanol–water partition coefficient (Wildman–Crippen LogP) is 1.68. The molecule has 1 aromatic rings.